The van der Waals surface area contributed by atoms with E-state index < -0.39 is 11.9 Å². The van der Waals surface area contributed by atoms with E-state index >= 15 is 0 Å². The third-order valence-corrected chi connectivity index (χ3v) is 4.76. The van der Waals surface area contributed by atoms with E-state index in [-0.39, 0.29) is 5.02 Å². The Kier molecular flexibility index (Phi) is 4.66. The lowest BCUT2D eigenvalue weighted by Gasteiger charge is -2.17. The van der Waals surface area contributed by atoms with Crippen LogP contribution in [0.3, 0.4) is 0 Å². The summed E-state index contributed by atoms with van der Waals surface area (Å²) in [5.41, 5.74) is 8.42. The molecule has 2 aromatic rings. The first-order valence-electron chi connectivity index (χ1n) is 5.57. The summed E-state index contributed by atoms with van der Waals surface area (Å²) in [6.45, 7) is 1.98. The minimum atomic E-state index is -0.579. The lowest BCUT2D eigenvalue weighted by Crippen LogP contribution is -2.14. The highest BCUT2D eigenvalue weighted by Crippen LogP contribution is 2.33. The molecular weight excluding hydrogens is 396 g/mol. The Labute approximate surface area is 133 Å². The van der Waals surface area contributed by atoms with Gasteiger partial charge in [-0.2, -0.15) is 0 Å². The molecule has 2 rings (SSSR count). The molecule has 0 aliphatic heterocycles. The van der Waals surface area contributed by atoms with Crippen molar-refractivity contribution >= 4 is 43.5 Å². The zero-order valence-electron chi connectivity index (χ0n) is 10.1. The van der Waals surface area contributed by atoms with Crippen molar-refractivity contribution in [3.63, 3.8) is 0 Å². The van der Waals surface area contributed by atoms with Gasteiger partial charge in [-0.25, -0.2) is 4.39 Å². The van der Waals surface area contributed by atoms with Gasteiger partial charge in [0.15, 0.2) is 0 Å². The topological polar surface area (TPSA) is 26.0 Å². The van der Waals surface area contributed by atoms with E-state index in [1.165, 1.54) is 6.07 Å². The molecule has 0 fully saturated rings. The number of hydrogen-bond donors (Lipinski definition) is 1. The highest BCUT2D eigenvalue weighted by molar-refractivity contribution is 9.11. The molecule has 0 aliphatic rings. The molecule has 0 spiro atoms. The quantitative estimate of drug-likeness (QED) is 0.713. The summed E-state index contributed by atoms with van der Waals surface area (Å²) in [6.07, 6.45) is 0. The van der Waals surface area contributed by atoms with Crippen LogP contribution < -0.4 is 5.73 Å². The summed E-state index contributed by atoms with van der Waals surface area (Å²) >= 11 is 12.7. The van der Waals surface area contributed by atoms with Gasteiger partial charge in [-0.3, -0.25) is 0 Å². The fourth-order valence-electron chi connectivity index (χ4n) is 1.83. The van der Waals surface area contributed by atoms with Crippen molar-refractivity contribution < 1.29 is 4.39 Å². The molecule has 0 aliphatic carbocycles. The SMILES string of the molecule is Cc1cc(Br)c(C(N)c2cccc(Cl)c2F)cc1Br. The summed E-state index contributed by atoms with van der Waals surface area (Å²) < 4.78 is 15.8. The van der Waals surface area contributed by atoms with Gasteiger partial charge >= 0.3 is 0 Å². The van der Waals surface area contributed by atoms with Crippen LogP contribution in [0.1, 0.15) is 22.7 Å². The minimum Gasteiger partial charge on any atom is -0.320 e. The normalized spacial score (nSPS) is 12.5. The molecule has 0 amide bonds. The Balaban J connectivity index is 2.53. The van der Waals surface area contributed by atoms with E-state index in [2.05, 4.69) is 31.9 Å². The lowest BCUT2D eigenvalue weighted by molar-refractivity contribution is 0.600. The molecule has 0 saturated carbocycles. The summed E-state index contributed by atoms with van der Waals surface area (Å²) in [6, 6.07) is 8.10. The molecule has 5 heteroatoms. The Morgan fingerprint density at radius 2 is 1.84 bits per heavy atom. The van der Waals surface area contributed by atoms with Crippen LogP contribution in [0.5, 0.6) is 0 Å². The second-order valence-corrected chi connectivity index (χ2v) is 6.36. The van der Waals surface area contributed by atoms with Crippen molar-refractivity contribution in [3.8, 4) is 0 Å². The zero-order chi connectivity index (χ0) is 14.2. The van der Waals surface area contributed by atoms with Crippen LogP contribution in [0.2, 0.25) is 5.02 Å². The molecule has 100 valence electrons. The second-order valence-electron chi connectivity index (χ2n) is 4.24. The molecule has 0 heterocycles. The summed E-state index contributed by atoms with van der Waals surface area (Å²) in [4.78, 5) is 0. The highest BCUT2D eigenvalue weighted by atomic mass is 79.9. The number of aryl methyl sites for hydroxylation is 1. The molecule has 1 atom stereocenters. The second kappa shape index (κ2) is 5.92. The van der Waals surface area contributed by atoms with Crippen LogP contribution in [0.4, 0.5) is 4.39 Å². The standard InChI is InChI=1S/C14H11Br2ClFN/c1-7-5-11(16)9(6-10(7)15)14(19)8-3-2-4-12(17)13(8)18/h2-6,14H,19H2,1H3. The highest BCUT2D eigenvalue weighted by Gasteiger charge is 2.18. The van der Waals surface area contributed by atoms with Gasteiger partial charge in [0.1, 0.15) is 5.82 Å². The van der Waals surface area contributed by atoms with Crippen molar-refractivity contribution in [2.75, 3.05) is 0 Å². The van der Waals surface area contributed by atoms with E-state index in [0.29, 0.717) is 5.56 Å². The number of benzene rings is 2. The average Bonchev–Trinajstić information content (AvgIpc) is 2.36. The van der Waals surface area contributed by atoms with Gasteiger partial charge in [0.2, 0.25) is 0 Å². The third kappa shape index (κ3) is 3.02. The van der Waals surface area contributed by atoms with E-state index in [0.717, 1.165) is 20.1 Å². The Morgan fingerprint density at radius 1 is 1.16 bits per heavy atom. The number of rotatable bonds is 2. The van der Waals surface area contributed by atoms with Gasteiger partial charge in [0.25, 0.3) is 0 Å². The van der Waals surface area contributed by atoms with Gasteiger partial charge in [0, 0.05) is 14.5 Å². The maximum absolute atomic E-state index is 14.0. The summed E-state index contributed by atoms with van der Waals surface area (Å²) in [5, 5.41) is 0.0789. The average molecular weight is 408 g/mol. The van der Waals surface area contributed by atoms with Crippen LogP contribution in [0, 0.1) is 12.7 Å². The molecule has 0 saturated heterocycles. The van der Waals surface area contributed by atoms with Crippen LogP contribution >= 0.6 is 43.5 Å². The van der Waals surface area contributed by atoms with Crippen LogP contribution in [-0.4, -0.2) is 0 Å². The van der Waals surface area contributed by atoms with Crippen LogP contribution in [-0.2, 0) is 0 Å². The minimum absolute atomic E-state index is 0.0789. The monoisotopic (exact) mass is 405 g/mol. The van der Waals surface area contributed by atoms with E-state index in [4.69, 9.17) is 17.3 Å². The summed E-state index contributed by atoms with van der Waals surface area (Å²) in [5.74, 6) is -0.472. The zero-order valence-corrected chi connectivity index (χ0v) is 14.0. The van der Waals surface area contributed by atoms with Gasteiger partial charge in [-0.05, 0) is 36.2 Å². The Morgan fingerprint density at radius 3 is 2.53 bits per heavy atom. The molecule has 1 unspecified atom stereocenters. The number of hydrogen-bond acceptors (Lipinski definition) is 1. The first-order chi connectivity index (χ1) is 8.91. The summed E-state index contributed by atoms with van der Waals surface area (Å²) in [7, 11) is 0. The smallest absolute Gasteiger partial charge is 0.146 e. The Hall–Kier alpha value is -0.420. The molecule has 0 aromatic heterocycles. The van der Waals surface area contributed by atoms with Gasteiger partial charge in [0.05, 0.1) is 11.1 Å². The molecule has 0 bridgehead atoms. The molecule has 2 N–H and O–H groups in total. The van der Waals surface area contributed by atoms with Crippen LogP contribution in [0.15, 0.2) is 39.3 Å². The van der Waals surface area contributed by atoms with Gasteiger partial charge < -0.3 is 5.73 Å². The molecule has 2 aromatic carbocycles. The van der Waals surface area contributed by atoms with E-state index in [1.54, 1.807) is 12.1 Å². The maximum Gasteiger partial charge on any atom is 0.146 e. The third-order valence-electron chi connectivity index (χ3n) is 2.93. The molecule has 1 nitrogen and oxygen atoms in total. The fraction of sp³-hybridized carbons (Fsp3) is 0.143. The van der Waals surface area contributed by atoms with Crippen molar-refractivity contribution in [2.45, 2.75) is 13.0 Å². The fourth-order valence-corrected chi connectivity index (χ4v) is 3.08. The van der Waals surface area contributed by atoms with Crippen molar-refractivity contribution in [1.29, 1.82) is 0 Å². The number of halogens is 4. The first-order valence-corrected chi connectivity index (χ1v) is 7.53. The van der Waals surface area contributed by atoms with Crippen LogP contribution in [0.25, 0.3) is 0 Å². The molecule has 19 heavy (non-hydrogen) atoms. The van der Waals surface area contributed by atoms with E-state index in [9.17, 15) is 4.39 Å². The molecule has 0 radical (unpaired) electrons. The predicted octanol–water partition coefficient (Wildman–Crippen LogP) is 5.36. The number of nitrogens with two attached hydrogens (primary N) is 1. The van der Waals surface area contributed by atoms with Crippen molar-refractivity contribution in [3.05, 3.63) is 66.8 Å². The van der Waals surface area contributed by atoms with Gasteiger partial charge in [-0.15, -0.1) is 0 Å². The molecular formula is C14H11Br2ClFN. The lowest BCUT2D eigenvalue weighted by atomic mass is 9.98. The maximum atomic E-state index is 14.0. The van der Waals surface area contributed by atoms with Crippen molar-refractivity contribution in [1.82, 2.24) is 0 Å². The van der Waals surface area contributed by atoms with E-state index in [1.807, 2.05) is 19.1 Å². The first kappa shape index (κ1) is 15.0. The Bertz CT molecular complexity index is 631. The predicted molar refractivity (Wildman–Crippen MR) is 84.0 cm³/mol. The van der Waals surface area contributed by atoms with Gasteiger partial charge in [-0.1, -0.05) is 55.6 Å². The van der Waals surface area contributed by atoms with Crippen molar-refractivity contribution in [2.24, 2.45) is 5.73 Å². The largest absolute Gasteiger partial charge is 0.320 e.